The molecule has 0 heterocycles. The van der Waals surface area contributed by atoms with Gasteiger partial charge in [0.1, 0.15) is 11.3 Å². The predicted octanol–water partition coefficient (Wildman–Crippen LogP) is 2.72. The van der Waals surface area contributed by atoms with Gasteiger partial charge in [-0.05, 0) is 6.07 Å². The van der Waals surface area contributed by atoms with E-state index in [1.165, 1.54) is 0 Å². The largest absolute Gasteiger partial charge is 0.465 e. The molecule has 0 aliphatic rings. The number of carbonyl (C=O) groups excluding carboxylic acids is 1. The van der Waals surface area contributed by atoms with Crippen LogP contribution in [0.4, 0.5) is 14.5 Å². The first-order valence-corrected chi connectivity index (χ1v) is 5.35. The number of alkyl halides is 3. The Morgan fingerprint density at radius 2 is 2.16 bits per heavy atom. The molecule has 0 fully saturated rings. The molecule has 0 aromatic heterocycles. The summed E-state index contributed by atoms with van der Waals surface area (Å²) >= 11 is 5.54. The summed E-state index contributed by atoms with van der Waals surface area (Å²) in [6.45, 7) is -3.19. The van der Waals surface area contributed by atoms with Crippen molar-refractivity contribution in [3.8, 4) is 5.75 Å². The number of nitro benzene ring substituents is 1. The molecule has 1 aromatic rings. The number of halogens is 3. The van der Waals surface area contributed by atoms with E-state index in [1.54, 1.807) is 0 Å². The summed E-state index contributed by atoms with van der Waals surface area (Å²) < 4.78 is 33.0. The highest BCUT2D eigenvalue weighted by Crippen LogP contribution is 2.33. The number of hydrogen-bond acceptors (Lipinski definition) is 5. The highest BCUT2D eigenvalue weighted by atomic mass is 35.5. The van der Waals surface area contributed by atoms with E-state index in [0.717, 1.165) is 19.2 Å². The first kappa shape index (κ1) is 15.1. The normalized spacial score (nSPS) is 10.4. The molecule has 0 amide bonds. The van der Waals surface area contributed by atoms with Crippen LogP contribution in [-0.2, 0) is 10.6 Å². The van der Waals surface area contributed by atoms with E-state index >= 15 is 0 Å². The molecular weight excluding hydrogens is 288 g/mol. The van der Waals surface area contributed by atoms with Gasteiger partial charge in [-0.3, -0.25) is 10.1 Å². The van der Waals surface area contributed by atoms with Crippen molar-refractivity contribution in [2.75, 3.05) is 7.11 Å². The Kier molecular flexibility index (Phi) is 4.99. The quantitative estimate of drug-likeness (QED) is 0.361. The van der Waals surface area contributed by atoms with Gasteiger partial charge in [0.05, 0.1) is 23.5 Å². The van der Waals surface area contributed by atoms with Crippen molar-refractivity contribution in [2.45, 2.75) is 12.5 Å². The number of methoxy groups -OCH3 is 1. The molecule has 0 atom stereocenters. The average Bonchev–Trinajstić information content (AvgIpc) is 2.36. The average molecular weight is 296 g/mol. The molecule has 1 aromatic carbocycles. The second kappa shape index (κ2) is 6.28. The fourth-order valence-corrected chi connectivity index (χ4v) is 1.71. The maximum atomic E-state index is 12.2. The van der Waals surface area contributed by atoms with E-state index in [-0.39, 0.29) is 5.56 Å². The van der Waals surface area contributed by atoms with Crippen molar-refractivity contribution in [2.24, 2.45) is 0 Å². The molecule has 0 saturated carbocycles. The fraction of sp³-hybridized carbons (Fsp3) is 0.300. The zero-order valence-electron chi connectivity index (χ0n) is 9.56. The maximum Gasteiger partial charge on any atom is 0.387 e. The molecular formula is C10H8ClF2NO5. The topological polar surface area (TPSA) is 78.7 Å². The summed E-state index contributed by atoms with van der Waals surface area (Å²) in [6.07, 6.45) is 0. The zero-order chi connectivity index (χ0) is 14.6. The van der Waals surface area contributed by atoms with Crippen LogP contribution in [0.1, 0.15) is 15.9 Å². The molecule has 0 saturated heterocycles. The van der Waals surface area contributed by atoms with Gasteiger partial charge in [0.25, 0.3) is 5.69 Å². The summed E-state index contributed by atoms with van der Waals surface area (Å²) in [4.78, 5) is 21.5. The number of nitro groups is 1. The van der Waals surface area contributed by atoms with Crippen LogP contribution in [0.5, 0.6) is 5.75 Å². The summed E-state index contributed by atoms with van der Waals surface area (Å²) in [5, 5.41) is 10.8. The molecule has 0 bridgehead atoms. The minimum absolute atomic E-state index is 0.239. The highest BCUT2D eigenvalue weighted by molar-refractivity contribution is 6.18. The predicted molar refractivity (Wildman–Crippen MR) is 60.6 cm³/mol. The van der Waals surface area contributed by atoms with Crippen LogP contribution in [-0.4, -0.2) is 24.6 Å². The van der Waals surface area contributed by atoms with Gasteiger partial charge in [-0.15, -0.1) is 11.6 Å². The van der Waals surface area contributed by atoms with Crippen LogP contribution < -0.4 is 4.74 Å². The van der Waals surface area contributed by atoms with Crippen LogP contribution in [0.25, 0.3) is 0 Å². The first-order chi connectivity index (χ1) is 8.92. The lowest BCUT2D eigenvalue weighted by Crippen LogP contribution is -2.13. The maximum absolute atomic E-state index is 12.2. The van der Waals surface area contributed by atoms with Crippen molar-refractivity contribution in [3.63, 3.8) is 0 Å². The lowest BCUT2D eigenvalue weighted by molar-refractivity contribution is -0.385. The minimum Gasteiger partial charge on any atom is -0.465 e. The van der Waals surface area contributed by atoms with Gasteiger partial charge >= 0.3 is 12.6 Å². The highest BCUT2D eigenvalue weighted by Gasteiger charge is 2.27. The Hall–Kier alpha value is -1.96. The van der Waals surface area contributed by atoms with Crippen LogP contribution in [0.3, 0.4) is 0 Å². The van der Waals surface area contributed by atoms with Crippen molar-refractivity contribution in [3.05, 3.63) is 33.4 Å². The lowest BCUT2D eigenvalue weighted by atomic mass is 10.1. The molecule has 0 spiro atoms. The van der Waals surface area contributed by atoms with E-state index in [0.29, 0.717) is 0 Å². The van der Waals surface area contributed by atoms with Gasteiger partial charge in [-0.2, -0.15) is 8.78 Å². The van der Waals surface area contributed by atoms with Crippen molar-refractivity contribution < 1.29 is 28.0 Å². The number of ether oxygens (including phenoxy) is 2. The van der Waals surface area contributed by atoms with Crippen LogP contribution in [0, 0.1) is 10.1 Å². The minimum atomic E-state index is -3.19. The molecule has 19 heavy (non-hydrogen) atoms. The SMILES string of the molecule is COC(=O)c1c(OC(F)F)ccc([N+](=O)[O-])c1CCl. The number of hydrogen-bond donors (Lipinski definition) is 0. The van der Waals surface area contributed by atoms with Crippen molar-refractivity contribution in [1.82, 2.24) is 0 Å². The van der Waals surface area contributed by atoms with E-state index in [4.69, 9.17) is 11.6 Å². The van der Waals surface area contributed by atoms with Gasteiger partial charge in [0.2, 0.25) is 0 Å². The number of rotatable bonds is 5. The van der Waals surface area contributed by atoms with Gasteiger partial charge in [0, 0.05) is 6.07 Å². The molecule has 1 rings (SSSR count). The van der Waals surface area contributed by atoms with Crippen molar-refractivity contribution in [1.29, 1.82) is 0 Å². The molecule has 0 N–H and O–H groups in total. The van der Waals surface area contributed by atoms with Gasteiger partial charge in [-0.25, -0.2) is 4.79 Å². The standard InChI is InChI=1S/C10H8ClF2NO5/c1-18-9(15)8-5(4-11)6(14(16)17)2-3-7(8)19-10(12)13/h2-3,10H,4H2,1H3. The van der Waals surface area contributed by atoms with Gasteiger partial charge in [-0.1, -0.05) is 0 Å². The van der Waals surface area contributed by atoms with E-state index in [9.17, 15) is 23.7 Å². The Labute approximate surface area is 111 Å². The molecule has 0 unspecified atom stereocenters. The number of nitrogens with zero attached hydrogens (tertiary/aromatic N) is 1. The zero-order valence-corrected chi connectivity index (χ0v) is 10.3. The summed E-state index contributed by atoms with van der Waals surface area (Å²) in [5.74, 6) is -2.00. The number of esters is 1. The smallest absolute Gasteiger partial charge is 0.387 e. The Morgan fingerprint density at radius 3 is 2.58 bits per heavy atom. The van der Waals surface area contributed by atoms with Crippen molar-refractivity contribution >= 4 is 23.3 Å². The van der Waals surface area contributed by atoms with Crippen LogP contribution >= 0.6 is 11.6 Å². The summed E-state index contributed by atoms with van der Waals surface area (Å²) in [6, 6.07) is 1.83. The Bertz CT molecular complexity index is 509. The molecule has 9 heteroatoms. The number of benzene rings is 1. The second-order valence-electron chi connectivity index (χ2n) is 3.20. The van der Waals surface area contributed by atoms with E-state index in [1.807, 2.05) is 0 Å². The summed E-state index contributed by atoms with van der Waals surface area (Å²) in [5.41, 5.74) is -1.19. The lowest BCUT2D eigenvalue weighted by Gasteiger charge is -2.12. The fourth-order valence-electron chi connectivity index (χ4n) is 1.44. The Morgan fingerprint density at radius 1 is 1.53 bits per heavy atom. The molecule has 0 aliphatic carbocycles. The third-order valence-electron chi connectivity index (χ3n) is 2.19. The third-order valence-corrected chi connectivity index (χ3v) is 2.45. The first-order valence-electron chi connectivity index (χ1n) is 4.81. The third kappa shape index (κ3) is 3.28. The Balaban J connectivity index is 3.50. The molecule has 0 radical (unpaired) electrons. The number of carbonyl (C=O) groups is 1. The summed E-state index contributed by atoms with van der Waals surface area (Å²) in [7, 11) is 1.01. The van der Waals surface area contributed by atoms with E-state index in [2.05, 4.69) is 9.47 Å². The van der Waals surface area contributed by atoms with Crippen LogP contribution in [0.2, 0.25) is 0 Å². The van der Waals surface area contributed by atoms with E-state index < -0.39 is 40.4 Å². The van der Waals surface area contributed by atoms with Gasteiger partial charge in [0.15, 0.2) is 0 Å². The monoisotopic (exact) mass is 295 g/mol. The molecule has 0 aliphatic heterocycles. The van der Waals surface area contributed by atoms with Gasteiger partial charge < -0.3 is 9.47 Å². The second-order valence-corrected chi connectivity index (χ2v) is 3.46. The molecule has 6 nitrogen and oxygen atoms in total. The van der Waals surface area contributed by atoms with Crippen LogP contribution in [0.15, 0.2) is 12.1 Å². The molecule has 104 valence electrons.